The third kappa shape index (κ3) is 4.05. The van der Waals surface area contributed by atoms with Crippen molar-refractivity contribution in [3.8, 4) is 0 Å². The van der Waals surface area contributed by atoms with Crippen LogP contribution in [0.15, 0.2) is 24.3 Å². The molecule has 0 spiro atoms. The highest BCUT2D eigenvalue weighted by Crippen LogP contribution is 2.23. The molecule has 2 atom stereocenters. The highest BCUT2D eigenvalue weighted by molar-refractivity contribution is 9.08. The van der Waals surface area contributed by atoms with Crippen LogP contribution in [0.3, 0.4) is 0 Å². The summed E-state index contributed by atoms with van der Waals surface area (Å²) in [5.74, 6) is 0.151. The fourth-order valence-electron chi connectivity index (χ4n) is 2.50. The molecule has 2 N–H and O–H groups in total. The lowest BCUT2D eigenvalue weighted by Crippen LogP contribution is -2.36. The second kappa shape index (κ2) is 7.06. The second-order valence-electron chi connectivity index (χ2n) is 5.15. The van der Waals surface area contributed by atoms with Gasteiger partial charge in [-0.15, -0.1) is 0 Å². The van der Waals surface area contributed by atoms with Gasteiger partial charge in [0.1, 0.15) is 0 Å². The number of alkyl halides is 1. The zero-order valence-corrected chi connectivity index (χ0v) is 12.5. The minimum absolute atomic E-state index is 0.0566. The first-order valence-corrected chi connectivity index (χ1v) is 7.94. The maximum absolute atomic E-state index is 12.0. The van der Waals surface area contributed by atoms with Gasteiger partial charge < -0.3 is 10.4 Å². The van der Waals surface area contributed by atoms with Crippen LogP contribution < -0.4 is 5.32 Å². The van der Waals surface area contributed by atoms with Crippen molar-refractivity contribution < 1.29 is 9.90 Å². The summed E-state index contributed by atoms with van der Waals surface area (Å²) in [7, 11) is 0. The Morgan fingerprint density at radius 3 is 2.58 bits per heavy atom. The Morgan fingerprint density at radius 1 is 1.26 bits per heavy atom. The van der Waals surface area contributed by atoms with Crippen LogP contribution in [0.5, 0.6) is 0 Å². The first kappa shape index (κ1) is 14.5. The van der Waals surface area contributed by atoms with Crippen molar-refractivity contribution in [3.05, 3.63) is 35.4 Å². The van der Waals surface area contributed by atoms with Crippen LogP contribution >= 0.6 is 15.9 Å². The van der Waals surface area contributed by atoms with E-state index in [1.165, 1.54) is 0 Å². The summed E-state index contributed by atoms with van der Waals surface area (Å²) in [6.45, 7) is 0.570. The Kier molecular flexibility index (Phi) is 5.40. The molecule has 1 saturated carbocycles. The number of nitrogens with one attached hydrogen (secondary N) is 1. The van der Waals surface area contributed by atoms with Gasteiger partial charge in [-0.1, -0.05) is 40.9 Å². The van der Waals surface area contributed by atoms with Gasteiger partial charge >= 0.3 is 0 Å². The van der Waals surface area contributed by atoms with Gasteiger partial charge in [-0.3, -0.25) is 4.79 Å². The van der Waals surface area contributed by atoms with Gasteiger partial charge in [0.05, 0.1) is 6.10 Å². The highest BCUT2D eigenvalue weighted by Gasteiger charge is 2.23. The van der Waals surface area contributed by atoms with Crippen LogP contribution in [0.1, 0.15) is 41.6 Å². The summed E-state index contributed by atoms with van der Waals surface area (Å²) in [4.78, 5) is 12.0. The zero-order valence-electron chi connectivity index (χ0n) is 10.9. The molecule has 4 heteroatoms. The minimum atomic E-state index is -0.259. The van der Waals surface area contributed by atoms with Gasteiger partial charge in [0.25, 0.3) is 5.91 Å². The molecule has 0 radical (unpaired) electrons. The Morgan fingerprint density at radius 2 is 1.95 bits per heavy atom. The Hall–Kier alpha value is -0.870. The smallest absolute Gasteiger partial charge is 0.251 e. The molecule has 1 amide bonds. The molecule has 1 aliphatic carbocycles. The van der Waals surface area contributed by atoms with Crippen LogP contribution in [0, 0.1) is 5.92 Å². The first-order valence-electron chi connectivity index (χ1n) is 6.82. The van der Waals surface area contributed by atoms with Crippen LogP contribution in [-0.4, -0.2) is 23.7 Å². The molecule has 0 saturated heterocycles. The van der Waals surface area contributed by atoms with Gasteiger partial charge in [-0.2, -0.15) is 0 Å². The topological polar surface area (TPSA) is 49.3 Å². The number of aliphatic hydroxyl groups excluding tert-OH is 1. The van der Waals surface area contributed by atoms with Crippen molar-refractivity contribution in [2.24, 2.45) is 5.92 Å². The van der Waals surface area contributed by atoms with Crippen molar-refractivity contribution in [1.82, 2.24) is 5.32 Å². The molecule has 0 heterocycles. The van der Waals surface area contributed by atoms with E-state index >= 15 is 0 Å². The first-order chi connectivity index (χ1) is 9.20. The fraction of sp³-hybridized carbons (Fsp3) is 0.533. The van der Waals surface area contributed by atoms with Crippen LogP contribution in [0.25, 0.3) is 0 Å². The lowest BCUT2D eigenvalue weighted by Gasteiger charge is -2.27. The number of rotatable bonds is 4. The number of benzene rings is 1. The molecule has 1 aliphatic rings. The van der Waals surface area contributed by atoms with Crippen molar-refractivity contribution in [1.29, 1.82) is 0 Å². The van der Waals surface area contributed by atoms with Crippen LogP contribution in [0.2, 0.25) is 0 Å². The average Bonchev–Trinajstić information content (AvgIpc) is 2.46. The number of carbonyl (C=O) groups excluding carboxylic acids is 1. The van der Waals surface area contributed by atoms with E-state index in [-0.39, 0.29) is 17.9 Å². The van der Waals surface area contributed by atoms with Crippen molar-refractivity contribution in [2.45, 2.75) is 37.1 Å². The SMILES string of the molecule is O=C(NCC1CCCCC1O)c1ccc(CBr)cc1. The quantitative estimate of drug-likeness (QED) is 0.836. The van der Waals surface area contributed by atoms with Crippen LogP contribution in [0.4, 0.5) is 0 Å². The number of carbonyl (C=O) groups is 1. The molecule has 1 aromatic carbocycles. The summed E-state index contributed by atoms with van der Waals surface area (Å²) in [6, 6.07) is 7.56. The van der Waals surface area contributed by atoms with Gasteiger partial charge in [-0.25, -0.2) is 0 Å². The lowest BCUT2D eigenvalue weighted by atomic mass is 9.86. The van der Waals surface area contributed by atoms with E-state index in [0.717, 1.165) is 36.6 Å². The predicted octanol–water partition coefficient (Wildman–Crippen LogP) is 2.86. The van der Waals surface area contributed by atoms with Gasteiger partial charge in [0.15, 0.2) is 0 Å². The fourth-order valence-corrected chi connectivity index (χ4v) is 2.87. The van der Waals surface area contributed by atoms with Gasteiger partial charge in [0.2, 0.25) is 0 Å². The van der Waals surface area contributed by atoms with E-state index in [1.807, 2.05) is 24.3 Å². The van der Waals surface area contributed by atoms with Crippen molar-refractivity contribution in [3.63, 3.8) is 0 Å². The number of hydrogen-bond acceptors (Lipinski definition) is 2. The standard InChI is InChI=1S/C15H20BrNO2/c16-9-11-5-7-12(8-6-11)15(19)17-10-13-3-1-2-4-14(13)18/h5-8,13-14,18H,1-4,9-10H2,(H,17,19). The third-order valence-electron chi connectivity index (χ3n) is 3.76. The largest absolute Gasteiger partial charge is 0.393 e. The summed E-state index contributed by atoms with van der Waals surface area (Å²) in [5, 5.41) is 13.6. The third-order valence-corrected chi connectivity index (χ3v) is 4.41. The van der Waals surface area contributed by atoms with E-state index in [0.29, 0.717) is 12.1 Å². The van der Waals surface area contributed by atoms with Gasteiger partial charge in [-0.05, 0) is 30.5 Å². The molecule has 104 valence electrons. The summed E-state index contributed by atoms with van der Waals surface area (Å²) in [5.41, 5.74) is 1.83. The molecule has 0 bridgehead atoms. The minimum Gasteiger partial charge on any atom is -0.393 e. The molecule has 1 fully saturated rings. The van der Waals surface area contributed by atoms with E-state index in [4.69, 9.17) is 0 Å². The number of hydrogen-bond donors (Lipinski definition) is 2. The van der Waals surface area contributed by atoms with Crippen LogP contribution in [-0.2, 0) is 5.33 Å². The number of halogens is 1. The normalized spacial score (nSPS) is 23.1. The van der Waals surface area contributed by atoms with E-state index in [2.05, 4.69) is 21.2 Å². The number of aliphatic hydroxyl groups is 1. The maximum atomic E-state index is 12.0. The summed E-state index contributed by atoms with van der Waals surface area (Å²) >= 11 is 3.38. The molecule has 0 aliphatic heterocycles. The molecular formula is C15H20BrNO2. The van der Waals surface area contributed by atoms with E-state index in [1.54, 1.807) is 0 Å². The van der Waals surface area contributed by atoms with E-state index in [9.17, 15) is 9.90 Å². The maximum Gasteiger partial charge on any atom is 0.251 e. The Labute approximate surface area is 122 Å². The van der Waals surface area contributed by atoms with Crippen molar-refractivity contribution >= 4 is 21.8 Å². The van der Waals surface area contributed by atoms with E-state index < -0.39 is 0 Å². The molecule has 2 rings (SSSR count). The number of amides is 1. The predicted molar refractivity (Wildman–Crippen MR) is 79.4 cm³/mol. The molecule has 3 nitrogen and oxygen atoms in total. The zero-order chi connectivity index (χ0) is 13.7. The Bertz CT molecular complexity index is 419. The lowest BCUT2D eigenvalue weighted by molar-refractivity contribution is 0.0663. The molecule has 19 heavy (non-hydrogen) atoms. The second-order valence-corrected chi connectivity index (χ2v) is 5.71. The Balaban J connectivity index is 1.86. The van der Waals surface area contributed by atoms with Crippen molar-refractivity contribution in [2.75, 3.05) is 6.54 Å². The molecule has 1 aromatic rings. The average molecular weight is 326 g/mol. The highest BCUT2D eigenvalue weighted by atomic mass is 79.9. The molecular weight excluding hydrogens is 306 g/mol. The summed E-state index contributed by atoms with van der Waals surface area (Å²) < 4.78 is 0. The summed E-state index contributed by atoms with van der Waals surface area (Å²) in [6.07, 6.45) is 3.85. The molecule has 0 aromatic heterocycles. The monoisotopic (exact) mass is 325 g/mol. The molecule has 2 unspecified atom stereocenters. The van der Waals surface area contributed by atoms with Gasteiger partial charge in [0, 0.05) is 23.4 Å².